The van der Waals surface area contributed by atoms with Crippen molar-refractivity contribution in [3.63, 3.8) is 0 Å². The molecule has 0 N–H and O–H groups in total. The molecule has 0 bridgehead atoms. The van der Waals surface area contributed by atoms with Gasteiger partial charge in [-0.3, -0.25) is 0 Å². The Hall–Kier alpha value is -12.9. The van der Waals surface area contributed by atoms with Crippen LogP contribution in [0.5, 0.6) is 0 Å². The van der Waals surface area contributed by atoms with E-state index >= 15 is 0 Å². The SMILES string of the molecule is CC.CC.CC.CC.CC.CC.CC.CC.CC.CC.CC.CC.CC.CC.CC.CC.CC.CC.Cc1nc2ccccc2n1C.Cc1nc2ccccc2n1C.Cc1nc2ccccc2n1C.Cn1c2ccccc2c2ccccc21.Cn1c2ccccc2c2ccccc21.c1ccc(C(c2ccccc2)(c2ccccc2)c2ccccc2)cc1.c1ccc2c(c1)c1ccccc1c1ccccc21. The van der Waals surface area contributed by atoms with Gasteiger partial charge < -0.3 is 22.8 Å². The highest BCUT2D eigenvalue weighted by Crippen LogP contribution is 2.45. The van der Waals surface area contributed by atoms with Crippen LogP contribution in [0.1, 0.15) is 289 Å². The van der Waals surface area contributed by atoms with Crippen molar-refractivity contribution in [2.75, 3.05) is 0 Å². The van der Waals surface area contributed by atoms with Crippen LogP contribution in [0.15, 0.2) is 364 Å². The molecule has 8 heteroatoms. The standard InChI is InChI=1S/C25H20.C18H12.2C13H11N.3C9H10N2.18C2H6/c1-5-13-21(14-6-1)25(22-15-7-2-8-16-22,23-17-9-3-10-18-23)24-19-11-4-12-20-24;1-2-8-14-13(7-1)15-9-3-4-11-17(15)18-12-6-5-10-16(14)18;2*1-14-12-8-4-2-6-10(12)11-7-3-5-9-13(11)14;3*1-7-10-8-5-3-4-6-9(8)11(7)2;18*1-2/h1-20H;1-12H;2*2-9H,1H3;3*3-6H,1-2H3;18*1-2H3. The van der Waals surface area contributed by atoms with Gasteiger partial charge in [-0.1, -0.05) is 553 Å². The fourth-order valence-electron chi connectivity index (χ4n) is 14.6. The molecule has 0 fully saturated rings. The van der Waals surface area contributed by atoms with Crippen LogP contribution in [0.3, 0.4) is 0 Å². The molecule has 0 aliphatic carbocycles. The fraction of sp³-hybridized carbons (Fsp3) is 0.341. The summed E-state index contributed by atoms with van der Waals surface area (Å²) in [6.45, 7) is 78.0. The van der Waals surface area contributed by atoms with Crippen molar-refractivity contribution < 1.29 is 0 Å². The molecule has 20 aromatic rings. The molecule has 0 radical (unpaired) electrons. The second-order valence-electron chi connectivity index (χ2n) is 26.2. The first-order chi connectivity index (χ1) is 69.0. The van der Waals surface area contributed by atoms with Gasteiger partial charge in [0.2, 0.25) is 0 Å². The summed E-state index contributed by atoms with van der Waals surface area (Å²) in [5.41, 5.74) is 16.8. The molecule has 0 amide bonds. The van der Waals surface area contributed by atoms with Gasteiger partial charge in [-0.05, 0) is 136 Å². The van der Waals surface area contributed by atoms with Crippen LogP contribution in [-0.4, -0.2) is 37.8 Å². The number of fused-ring (bicyclic) bond motifs is 15. The maximum atomic E-state index is 4.38. The number of benzene rings is 15. The summed E-state index contributed by atoms with van der Waals surface area (Å²) < 4.78 is 10.8. The molecule has 760 valence electrons. The molecule has 0 saturated carbocycles. The van der Waals surface area contributed by atoms with Gasteiger partial charge in [0.15, 0.2) is 0 Å². The Morgan fingerprint density at radius 3 is 0.407 bits per heavy atom. The van der Waals surface area contributed by atoms with Gasteiger partial charge in [-0.2, -0.15) is 0 Å². The van der Waals surface area contributed by atoms with Gasteiger partial charge in [-0.15, -0.1) is 0 Å². The molecule has 5 aromatic heterocycles. The summed E-state index contributed by atoms with van der Waals surface area (Å²) in [7, 11) is 10.3. The molecule has 5 heterocycles. The van der Waals surface area contributed by atoms with Crippen LogP contribution >= 0.6 is 0 Å². The van der Waals surface area contributed by atoms with E-state index in [1.807, 2.05) is 346 Å². The second kappa shape index (κ2) is 85.3. The van der Waals surface area contributed by atoms with Gasteiger partial charge >= 0.3 is 0 Å². The third-order valence-electron chi connectivity index (χ3n) is 20.2. The molecule has 0 unspecified atom stereocenters. The van der Waals surface area contributed by atoms with E-state index in [2.05, 4.69) is 361 Å². The number of imidazole rings is 3. The van der Waals surface area contributed by atoms with Gasteiger partial charge in [0, 0.05) is 78.9 Å². The molecule has 0 atom stereocenters. The Kier molecular flexibility index (Phi) is 82.6. The average Bonchev–Trinajstić information content (AvgIpc) is 1.04. The molecule has 0 aliphatic rings. The van der Waals surface area contributed by atoms with Crippen LogP contribution in [-0.2, 0) is 40.7 Å². The summed E-state index contributed by atoms with van der Waals surface area (Å²) >= 11 is 0. The molecule has 0 spiro atoms. The van der Waals surface area contributed by atoms with E-state index in [0.717, 1.165) is 34.0 Å². The van der Waals surface area contributed by atoms with Crippen molar-refractivity contribution in [3.8, 4) is 0 Å². The largest absolute Gasteiger partial charge is 0.344 e. The van der Waals surface area contributed by atoms with Crippen molar-refractivity contribution in [3.05, 3.63) is 404 Å². The quantitative estimate of drug-likeness (QED) is 0.130. The van der Waals surface area contributed by atoms with Crippen LogP contribution < -0.4 is 0 Å². The summed E-state index contributed by atoms with van der Waals surface area (Å²) in [6, 6.07) is 128. The van der Waals surface area contributed by atoms with E-state index in [4.69, 9.17) is 0 Å². The minimum atomic E-state index is -0.328. The predicted molar refractivity (Wildman–Crippen MR) is 645 cm³/mol. The lowest BCUT2D eigenvalue weighted by Crippen LogP contribution is -2.30. The molecule has 15 aromatic carbocycles. The number of aryl methyl sites for hydroxylation is 8. The third kappa shape index (κ3) is 38.0. The Morgan fingerprint density at radius 2 is 0.257 bits per heavy atom. The highest BCUT2D eigenvalue weighted by Gasteiger charge is 2.38. The minimum Gasteiger partial charge on any atom is -0.344 e. The zero-order valence-corrected chi connectivity index (χ0v) is 96.2. The molecule has 20 rings (SSSR count). The van der Waals surface area contributed by atoms with Gasteiger partial charge in [-0.25, -0.2) is 15.0 Å². The lowest BCUT2D eigenvalue weighted by Gasteiger charge is -2.36. The molecular weight excluding hydrogens is 1700 g/mol. The van der Waals surface area contributed by atoms with Crippen LogP contribution in [0.25, 0.3) is 109 Å². The van der Waals surface area contributed by atoms with Crippen LogP contribution in [0.4, 0.5) is 0 Å². The van der Waals surface area contributed by atoms with Crippen LogP contribution in [0.2, 0.25) is 0 Å². The number of hydrogen-bond acceptors (Lipinski definition) is 3. The number of hydrogen-bond donors (Lipinski definition) is 0. The minimum absolute atomic E-state index is 0.328. The van der Waals surface area contributed by atoms with E-state index < -0.39 is 0 Å². The van der Waals surface area contributed by atoms with Crippen molar-refractivity contribution >= 4 is 109 Å². The van der Waals surface area contributed by atoms with Crippen molar-refractivity contribution in [1.29, 1.82) is 0 Å². The number of aromatic nitrogens is 8. The third-order valence-corrected chi connectivity index (χ3v) is 20.2. The molecule has 8 nitrogen and oxygen atoms in total. The van der Waals surface area contributed by atoms with E-state index in [9.17, 15) is 0 Å². The predicted octanol–water partition coefficient (Wildman–Crippen LogP) is 42.0. The van der Waals surface area contributed by atoms with E-state index in [0.29, 0.717) is 0 Å². The van der Waals surface area contributed by atoms with Crippen molar-refractivity contribution in [1.82, 2.24) is 37.8 Å². The summed E-state index contributed by atoms with van der Waals surface area (Å²) in [4.78, 5) is 13.1. The topological polar surface area (TPSA) is 63.3 Å². The van der Waals surface area contributed by atoms with Crippen molar-refractivity contribution in [2.24, 2.45) is 35.2 Å². The number of nitrogens with zero attached hydrogens (tertiary/aromatic N) is 8. The average molecular weight is 1890 g/mol. The van der Waals surface area contributed by atoms with E-state index in [1.54, 1.807) is 0 Å². The highest BCUT2D eigenvalue weighted by molar-refractivity contribution is 6.25. The first-order valence-corrected chi connectivity index (χ1v) is 53.5. The first-order valence-electron chi connectivity index (χ1n) is 53.5. The van der Waals surface area contributed by atoms with Gasteiger partial charge in [0.05, 0.1) is 38.5 Å². The smallest absolute Gasteiger partial charge is 0.106 e. The Morgan fingerprint density at radius 1 is 0.136 bits per heavy atom. The number of rotatable bonds is 4. The van der Waals surface area contributed by atoms with E-state index in [1.165, 1.54) is 115 Å². The fourth-order valence-corrected chi connectivity index (χ4v) is 14.6. The van der Waals surface area contributed by atoms with Gasteiger partial charge in [0.1, 0.15) is 17.5 Å². The molecule has 140 heavy (non-hydrogen) atoms. The summed E-state index contributed by atoms with van der Waals surface area (Å²) in [5.74, 6) is 3.18. The lowest BCUT2D eigenvalue weighted by atomic mass is 9.65. The lowest BCUT2D eigenvalue weighted by molar-refractivity contribution is 0.745. The van der Waals surface area contributed by atoms with Gasteiger partial charge in [0.25, 0.3) is 0 Å². The zero-order chi connectivity index (χ0) is 108. The Labute approximate surface area is 855 Å². The normalized spacial score (nSPS) is 9.00. The van der Waals surface area contributed by atoms with Crippen molar-refractivity contribution in [2.45, 2.75) is 275 Å². The maximum absolute atomic E-state index is 4.38. The first kappa shape index (κ1) is 136. The molecule has 0 aliphatic heterocycles. The Balaban J connectivity index is -0.000000486. The molecular formula is C132H192N8. The maximum Gasteiger partial charge on any atom is 0.106 e. The highest BCUT2D eigenvalue weighted by atomic mass is 15.1. The monoisotopic (exact) mass is 1890 g/mol. The number of para-hydroxylation sites is 10. The zero-order valence-electron chi connectivity index (χ0n) is 96.2. The van der Waals surface area contributed by atoms with Crippen LogP contribution in [0, 0.1) is 20.8 Å². The molecule has 0 saturated heterocycles. The van der Waals surface area contributed by atoms with E-state index in [-0.39, 0.29) is 5.41 Å². The second-order valence-corrected chi connectivity index (χ2v) is 26.2. The summed E-state index contributed by atoms with van der Waals surface area (Å²) in [5, 5.41) is 13.4. The Bertz CT molecular complexity index is 5490. The summed E-state index contributed by atoms with van der Waals surface area (Å²) in [6.07, 6.45) is 0.